The summed E-state index contributed by atoms with van der Waals surface area (Å²) in [4.78, 5) is 32.9. The molecule has 0 aliphatic heterocycles. The predicted molar refractivity (Wildman–Crippen MR) is 147 cm³/mol. The summed E-state index contributed by atoms with van der Waals surface area (Å²) < 4.78 is 57.7. The number of hydrogen-bond donors (Lipinski definition) is 0. The van der Waals surface area contributed by atoms with Crippen LogP contribution in [0.3, 0.4) is 0 Å². The van der Waals surface area contributed by atoms with Crippen molar-refractivity contribution in [1.82, 2.24) is 23.6 Å². The van der Waals surface area contributed by atoms with Crippen LogP contribution in [0.1, 0.15) is 5.56 Å². The van der Waals surface area contributed by atoms with E-state index in [4.69, 9.17) is 25.8 Å². The van der Waals surface area contributed by atoms with Gasteiger partial charge in [0.2, 0.25) is 0 Å². The summed E-state index contributed by atoms with van der Waals surface area (Å²) in [5.41, 5.74) is 0.196. The van der Waals surface area contributed by atoms with Gasteiger partial charge in [0.25, 0.3) is 11.6 Å². The molecule has 0 radical (unpaired) electrons. The van der Waals surface area contributed by atoms with Gasteiger partial charge in [0, 0.05) is 31.2 Å². The van der Waals surface area contributed by atoms with Crippen molar-refractivity contribution in [1.29, 1.82) is 0 Å². The fourth-order valence-electron chi connectivity index (χ4n) is 3.99. The first-order chi connectivity index (χ1) is 19.4. The van der Waals surface area contributed by atoms with Crippen LogP contribution < -0.4 is 25.5 Å². The van der Waals surface area contributed by atoms with Crippen LogP contribution in [0.15, 0.2) is 58.1 Å². The highest BCUT2D eigenvalue weighted by Crippen LogP contribution is 2.23. The summed E-state index contributed by atoms with van der Waals surface area (Å²) in [6.07, 6.45) is -4.46. The van der Waals surface area contributed by atoms with Gasteiger partial charge in [-0.3, -0.25) is 18.5 Å². The molecule has 0 unspecified atom stereocenters. The zero-order valence-electron chi connectivity index (χ0n) is 22.7. The number of likely N-dealkylation sites (N-methyl/N-ethyl adjacent to an activating group) is 1. The highest BCUT2D eigenvalue weighted by Gasteiger charge is 2.28. The second kappa shape index (κ2) is 12.7. The Hall–Kier alpha value is -3.97. The molecule has 0 saturated heterocycles. The standard InChI is InChI=1S/C27H29ClF3N5O5/c1-33(2)11-12-35-24(37)22-23(34(3)26(35)38)32-25(36(22)16-18-7-9-19(28)10-8-18)40-14-13-39-20-5-4-6-21(15-20)41-17-27(29,30)31/h4-10,15H,11-14,16-17H2,1-3H3. The smallest absolute Gasteiger partial charge is 0.422 e. The summed E-state index contributed by atoms with van der Waals surface area (Å²) in [6, 6.07) is 13.0. The summed E-state index contributed by atoms with van der Waals surface area (Å²) in [5, 5.41) is 0.555. The molecule has 0 aliphatic rings. The molecule has 4 aromatic rings. The molecule has 0 bridgehead atoms. The Kier molecular flexibility index (Phi) is 9.28. The Morgan fingerprint density at radius 1 is 0.951 bits per heavy atom. The van der Waals surface area contributed by atoms with E-state index in [9.17, 15) is 22.8 Å². The van der Waals surface area contributed by atoms with Crippen molar-refractivity contribution in [2.45, 2.75) is 19.3 Å². The van der Waals surface area contributed by atoms with E-state index in [-0.39, 0.29) is 55.0 Å². The molecule has 0 atom stereocenters. The zero-order chi connectivity index (χ0) is 29.7. The molecule has 0 saturated carbocycles. The number of halogens is 4. The number of aryl methyl sites for hydroxylation is 1. The highest BCUT2D eigenvalue weighted by atomic mass is 35.5. The third kappa shape index (κ3) is 7.61. The predicted octanol–water partition coefficient (Wildman–Crippen LogP) is 3.56. The quantitative estimate of drug-likeness (QED) is 0.231. The van der Waals surface area contributed by atoms with Gasteiger partial charge in [0.1, 0.15) is 24.7 Å². The average molecular weight is 596 g/mol. The van der Waals surface area contributed by atoms with Gasteiger partial charge in [-0.1, -0.05) is 29.8 Å². The summed E-state index contributed by atoms with van der Waals surface area (Å²) >= 11 is 6.04. The number of fused-ring (bicyclic) bond motifs is 1. The van der Waals surface area contributed by atoms with Crippen LogP contribution in [0.5, 0.6) is 17.5 Å². The summed E-state index contributed by atoms with van der Waals surface area (Å²) in [5.74, 6) is 0.297. The topological polar surface area (TPSA) is 92.8 Å². The Bertz CT molecular complexity index is 1610. The Morgan fingerprint density at radius 3 is 2.27 bits per heavy atom. The maximum atomic E-state index is 13.5. The first-order valence-corrected chi connectivity index (χ1v) is 12.9. The Morgan fingerprint density at radius 2 is 1.61 bits per heavy atom. The van der Waals surface area contributed by atoms with Crippen molar-refractivity contribution >= 4 is 22.8 Å². The largest absolute Gasteiger partial charge is 0.490 e. The van der Waals surface area contributed by atoms with Crippen LogP contribution in [0.25, 0.3) is 11.2 Å². The van der Waals surface area contributed by atoms with Crippen LogP contribution in [0, 0.1) is 0 Å². The molecule has 0 fully saturated rings. The SMILES string of the molecule is CN(C)CCn1c(=O)c2c(nc(OCCOc3cccc(OCC(F)(F)F)c3)n2Cc2ccc(Cl)cc2)n(C)c1=O. The normalized spacial score (nSPS) is 11.8. The number of hydrogen-bond acceptors (Lipinski definition) is 7. The van der Waals surface area contributed by atoms with E-state index in [1.54, 1.807) is 34.9 Å². The second-order valence-corrected chi connectivity index (χ2v) is 9.89. The van der Waals surface area contributed by atoms with Gasteiger partial charge in [-0.25, -0.2) is 4.79 Å². The maximum absolute atomic E-state index is 13.5. The molecule has 2 aromatic heterocycles. The molecule has 0 aliphatic carbocycles. The number of aromatic nitrogens is 4. The maximum Gasteiger partial charge on any atom is 0.422 e. The van der Waals surface area contributed by atoms with E-state index in [1.807, 2.05) is 19.0 Å². The third-order valence-electron chi connectivity index (χ3n) is 6.01. The van der Waals surface area contributed by atoms with E-state index < -0.39 is 24.0 Å². The number of imidazole rings is 1. The van der Waals surface area contributed by atoms with Crippen LogP contribution in [-0.4, -0.2) is 70.2 Å². The van der Waals surface area contributed by atoms with Crippen molar-refractivity contribution in [3.8, 4) is 17.5 Å². The van der Waals surface area contributed by atoms with Gasteiger partial charge in [0.15, 0.2) is 17.8 Å². The van der Waals surface area contributed by atoms with Gasteiger partial charge in [-0.2, -0.15) is 18.2 Å². The average Bonchev–Trinajstić information content (AvgIpc) is 3.28. The van der Waals surface area contributed by atoms with E-state index in [1.165, 1.54) is 34.4 Å². The molecule has 41 heavy (non-hydrogen) atoms. The van der Waals surface area contributed by atoms with Crippen LogP contribution in [0.2, 0.25) is 5.02 Å². The van der Waals surface area contributed by atoms with Crippen molar-refractivity contribution in [2.24, 2.45) is 7.05 Å². The number of nitrogens with zero attached hydrogens (tertiary/aromatic N) is 5. The lowest BCUT2D eigenvalue weighted by molar-refractivity contribution is -0.153. The lowest BCUT2D eigenvalue weighted by atomic mass is 10.2. The van der Waals surface area contributed by atoms with Crippen LogP contribution in [0.4, 0.5) is 13.2 Å². The van der Waals surface area contributed by atoms with Crippen molar-refractivity contribution in [3.63, 3.8) is 0 Å². The van der Waals surface area contributed by atoms with Crippen LogP contribution in [-0.2, 0) is 20.1 Å². The molecule has 0 N–H and O–H groups in total. The molecule has 4 rings (SSSR count). The van der Waals surface area contributed by atoms with E-state index >= 15 is 0 Å². The minimum Gasteiger partial charge on any atom is -0.490 e. The number of benzene rings is 2. The van der Waals surface area contributed by atoms with Crippen molar-refractivity contribution in [2.75, 3.05) is 40.5 Å². The van der Waals surface area contributed by atoms with E-state index in [2.05, 4.69) is 4.98 Å². The summed E-state index contributed by atoms with van der Waals surface area (Å²) in [6.45, 7) is -0.531. The summed E-state index contributed by atoms with van der Waals surface area (Å²) in [7, 11) is 5.23. The highest BCUT2D eigenvalue weighted by molar-refractivity contribution is 6.30. The number of rotatable bonds is 12. The fourth-order valence-corrected chi connectivity index (χ4v) is 4.12. The second-order valence-electron chi connectivity index (χ2n) is 9.46. The van der Waals surface area contributed by atoms with Crippen LogP contribution >= 0.6 is 11.6 Å². The zero-order valence-corrected chi connectivity index (χ0v) is 23.4. The molecular formula is C27H29ClF3N5O5. The van der Waals surface area contributed by atoms with Gasteiger partial charge in [0.05, 0.1) is 6.54 Å². The first-order valence-electron chi connectivity index (χ1n) is 12.6. The van der Waals surface area contributed by atoms with Crippen molar-refractivity contribution < 1.29 is 27.4 Å². The van der Waals surface area contributed by atoms with Gasteiger partial charge in [-0.05, 0) is 43.9 Å². The molecule has 2 heterocycles. The third-order valence-corrected chi connectivity index (χ3v) is 6.27. The molecule has 14 heteroatoms. The molecule has 0 spiro atoms. The van der Waals surface area contributed by atoms with Crippen molar-refractivity contribution in [3.05, 3.63) is 80.0 Å². The first kappa shape index (κ1) is 30.0. The monoisotopic (exact) mass is 595 g/mol. The molecular weight excluding hydrogens is 567 g/mol. The lowest BCUT2D eigenvalue weighted by Crippen LogP contribution is -2.41. The lowest BCUT2D eigenvalue weighted by Gasteiger charge is -2.13. The Labute approximate surface area is 238 Å². The fraction of sp³-hybridized carbons (Fsp3) is 0.370. The van der Waals surface area contributed by atoms with Gasteiger partial charge >= 0.3 is 11.9 Å². The molecule has 2 aromatic carbocycles. The molecule has 0 amide bonds. The van der Waals surface area contributed by atoms with E-state index in [0.717, 1.165) is 5.56 Å². The minimum atomic E-state index is -4.46. The van der Waals surface area contributed by atoms with Gasteiger partial charge < -0.3 is 19.1 Å². The number of alkyl halides is 3. The Balaban J connectivity index is 1.59. The van der Waals surface area contributed by atoms with Gasteiger partial charge in [-0.15, -0.1) is 0 Å². The molecule has 10 nitrogen and oxygen atoms in total. The van der Waals surface area contributed by atoms with E-state index in [0.29, 0.717) is 11.6 Å². The minimum absolute atomic E-state index is 0.0111. The molecule has 220 valence electrons. The number of ether oxygens (including phenoxy) is 3.